The first kappa shape index (κ1) is 14.7. The number of nitrogens with one attached hydrogen (secondary N) is 1. The molecule has 0 aliphatic carbocycles. The summed E-state index contributed by atoms with van der Waals surface area (Å²) in [4.78, 5) is 23.1. The van der Waals surface area contributed by atoms with Crippen molar-refractivity contribution in [3.05, 3.63) is 49.9 Å². The zero-order valence-corrected chi connectivity index (χ0v) is 12.6. The summed E-state index contributed by atoms with van der Waals surface area (Å²) >= 11 is 4.55. The predicted molar refractivity (Wildman–Crippen MR) is 78.1 cm³/mol. The number of aryl methyl sites for hydroxylation is 1. The number of hydrogen-bond acceptors (Lipinski definition) is 3. The van der Waals surface area contributed by atoms with Crippen LogP contribution in [0.3, 0.4) is 0 Å². The smallest absolute Gasteiger partial charge is 0.335 e. The van der Waals surface area contributed by atoms with E-state index in [0.717, 1.165) is 15.4 Å². The molecule has 0 aliphatic rings. The second kappa shape index (κ2) is 5.72. The van der Waals surface area contributed by atoms with E-state index in [4.69, 9.17) is 5.11 Å². The number of carbonyl (C=O) groups is 2. The number of carbonyl (C=O) groups excluding carboxylic acids is 1. The van der Waals surface area contributed by atoms with Crippen molar-refractivity contribution < 1.29 is 19.1 Å². The summed E-state index contributed by atoms with van der Waals surface area (Å²) < 4.78 is 14.5. The summed E-state index contributed by atoms with van der Waals surface area (Å²) in [6.07, 6.45) is 0. The molecule has 20 heavy (non-hydrogen) atoms. The molecule has 0 aliphatic heterocycles. The van der Waals surface area contributed by atoms with E-state index < -0.39 is 17.7 Å². The van der Waals surface area contributed by atoms with E-state index in [-0.39, 0.29) is 11.3 Å². The van der Waals surface area contributed by atoms with Crippen LogP contribution in [0.4, 0.5) is 10.1 Å². The molecule has 1 aromatic heterocycles. The molecule has 2 N–H and O–H groups in total. The molecule has 2 aromatic rings. The zero-order valence-electron chi connectivity index (χ0n) is 10.2. The van der Waals surface area contributed by atoms with Crippen molar-refractivity contribution in [2.75, 3.05) is 5.32 Å². The Hall–Kier alpha value is -1.73. The van der Waals surface area contributed by atoms with Crippen molar-refractivity contribution in [2.45, 2.75) is 6.92 Å². The predicted octanol–water partition coefficient (Wildman–Crippen LogP) is 3.91. The second-order valence-electron chi connectivity index (χ2n) is 4.02. The van der Waals surface area contributed by atoms with E-state index in [2.05, 4.69) is 21.2 Å². The topological polar surface area (TPSA) is 66.4 Å². The first-order chi connectivity index (χ1) is 9.38. The molecule has 4 nitrogen and oxygen atoms in total. The molecule has 0 bridgehead atoms. The number of halogens is 2. The fourth-order valence-corrected chi connectivity index (χ4v) is 2.94. The molecule has 0 atom stereocenters. The van der Waals surface area contributed by atoms with E-state index in [1.54, 1.807) is 6.07 Å². The van der Waals surface area contributed by atoms with E-state index in [1.807, 2.05) is 6.92 Å². The van der Waals surface area contributed by atoms with Gasteiger partial charge in [-0.25, -0.2) is 9.18 Å². The Morgan fingerprint density at radius 3 is 2.55 bits per heavy atom. The van der Waals surface area contributed by atoms with E-state index >= 15 is 0 Å². The highest BCUT2D eigenvalue weighted by Crippen LogP contribution is 2.28. The van der Waals surface area contributed by atoms with Crippen LogP contribution in [0.2, 0.25) is 0 Å². The van der Waals surface area contributed by atoms with E-state index in [1.165, 1.54) is 23.5 Å². The fraction of sp³-hybridized carbons (Fsp3) is 0.0769. The van der Waals surface area contributed by atoms with Crippen molar-refractivity contribution in [3.63, 3.8) is 0 Å². The summed E-state index contributed by atoms with van der Waals surface area (Å²) in [5, 5.41) is 11.2. The molecule has 0 spiro atoms. The Kier molecular flexibility index (Phi) is 4.20. The van der Waals surface area contributed by atoms with Crippen LogP contribution >= 0.6 is 27.3 Å². The van der Waals surface area contributed by atoms with Gasteiger partial charge in [0.25, 0.3) is 5.91 Å². The molecule has 2 rings (SSSR count). The third-order valence-corrected chi connectivity index (χ3v) is 4.68. The van der Waals surface area contributed by atoms with Gasteiger partial charge >= 0.3 is 5.97 Å². The van der Waals surface area contributed by atoms with Gasteiger partial charge in [-0.2, -0.15) is 0 Å². The molecular weight excluding hydrogens is 349 g/mol. The molecule has 1 amide bonds. The van der Waals surface area contributed by atoms with Gasteiger partial charge in [-0.3, -0.25) is 4.79 Å². The van der Waals surface area contributed by atoms with Crippen molar-refractivity contribution in [2.24, 2.45) is 0 Å². The zero-order chi connectivity index (χ0) is 14.9. The maximum absolute atomic E-state index is 13.7. The van der Waals surface area contributed by atoms with Gasteiger partial charge in [0.2, 0.25) is 0 Å². The van der Waals surface area contributed by atoms with Gasteiger partial charge in [0, 0.05) is 0 Å². The number of amides is 1. The van der Waals surface area contributed by atoms with Gasteiger partial charge in [-0.1, -0.05) is 0 Å². The monoisotopic (exact) mass is 357 g/mol. The number of carboxylic acid groups (broad SMARTS) is 1. The highest BCUT2D eigenvalue weighted by atomic mass is 79.9. The summed E-state index contributed by atoms with van der Waals surface area (Å²) in [5.41, 5.74) is 0.694. The van der Waals surface area contributed by atoms with Crippen LogP contribution in [0.5, 0.6) is 0 Å². The SMILES string of the molecule is Cc1cc(C(=O)Nc2ccc(C(=O)O)cc2F)sc1Br. The summed E-state index contributed by atoms with van der Waals surface area (Å²) in [6.45, 7) is 1.85. The van der Waals surface area contributed by atoms with Gasteiger partial charge < -0.3 is 10.4 Å². The Morgan fingerprint density at radius 1 is 1.35 bits per heavy atom. The third-order valence-electron chi connectivity index (χ3n) is 2.55. The summed E-state index contributed by atoms with van der Waals surface area (Å²) in [7, 11) is 0. The Morgan fingerprint density at radius 2 is 2.05 bits per heavy atom. The quantitative estimate of drug-likeness (QED) is 0.874. The Balaban J connectivity index is 2.21. The van der Waals surface area contributed by atoms with Crippen molar-refractivity contribution in [3.8, 4) is 0 Å². The van der Waals surface area contributed by atoms with E-state index in [9.17, 15) is 14.0 Å². The van der Waals surface area contributed by atoms with Crippen LogP contribution in [0, 0.1) is 12.7 Å². The van der Waals surface area contributed by atoms with Crippen LogP contribution in [0.1, 0.15) is 25.6 Å². The van der Waals surface area contributed by atoms with Gasteiger partial charge in [-0.05, 0) is 52.7 Å². The molecule has 0 saturated carbocycles. The molecule has 7 heteroatoms. The summed E-state index contributed by atoms with van der Waals surface area (Å²) in [6, 6.07) is 5.02. The van der Waals surface area contributed by atoms with Gasteiger partial charge in [-0.15, -0.1) is 11.3 Å². The fourth-order valence-electron chi connectivity index (χ4n) is 1.51. The maximum Gasteiger partial charge on any atom is 0.335 e. The lowest BCUT2D eigenvalue weighted by molar-refractivity contribution is 0.0696. The molecular formula is C13H9BrFNO3S. The van der Waals surface area contributed by atoms with Crippen LogP contribution in [-0.4, -0.2) is 17.0 Å². The molecule has 104 valence electrons. The Bertz CT molecular complexity index is 679. The minimum Gasteiger partial charge on any atom is -0.478 e. The average Bonchev–Trinajstić information content (AvgIpc) is 2.72. The number of anilines is 1. The van der Waals surface area contributed by atoms with Crippen molar-refractivity contribution >= 4 is 44.8 Å². The van der Waals surface area contributed by atoms with Gasteiger partial charge in [0.15, 0.2) is 0 Å². The normalized spacial score (nSPS) is 10.3. The number of thiophene rings is 1. The maximum atomic E-state index is 13.7. The molecule has 1 aromatic carbocycles. The van der Waals surface area contributed by atoms with Crippen LogP contribution in [-0.2, 0) is 0 Å². The lowest BCUT2D eigenvalue weighted by Crippen LogP contribution is -2.12. The summed E-state index contributed by atoms with van der Waals surface area (Å²) in [5.74, 6) is -2.45. The van der Waals surface area contributed by atoms with Crippen molar-refractivity contribution in [1.82, 2.24) is 0 Å². The number of rotatable bonds is 3. The minimum absolute atomic E-state index is 0.0535. The molecule has 0 unspecified atom stereocenters. The molecule has 0 radical (unpaired) electrons. The first-order valence-electron chi connectivity index (χ1n) is 5.48. The highest BCUT2D eigenvalue weighted by Gasteiger charge is 2.14. The largest absolute Gasteiger partial charge is 0.478 e. The molecule has 0 fully saturated rings. The lowest BCUT2D eigenvalue weighted by atomic mass is 10.2. The highest BCUT2D eigenvalue weighted by molar-refractivity contribution is 9.11. The third kappa shape index (κ3) is 3.05. The van der Waals surface area contributed by atoms with Crippen molar-refractivity contribution in [1.29, 1.82) is 0 Å². The number of hydrogen-bond donors (Lipinski definition) is 2. The number of aromatic carboxylic acids is 1. The lowest BCUT2D eigenvalue weighted by Gasteiger charge is -2.05. The second-order valence-corrected chi connectivity index (χ2v) is 6.39. The average molecular weight is 358 g/mol. The van der Waals surface area contributed by atoms with E-state index in [0.29, 0.717) is 4.88 Å². The van der Waals surface area contributed by atoms with Gasteiger partial charge in [0.05, 0.1) is 19.9 Å². The minimum atomic E-state index is -1.22. The number of carboxylic acids is 1. The number of benzene rings is 1. The molecule has 1 heterocycles. The van der Waals surface area contributed by atoms with Gasteiger partial charge in [0.1, 0.15) is 5.82 Å². The standard InChI is InChI=1S/C13H9BrFNO3S/c1-6-4-10(20-11(6)14)12(17)16-9-3-2-7(13(18)19)5-8(9)15/h2-5H,1H3,(H,16,17)(H,18,19). The molecule has 0 saturated heterocycles. The van der Waals surface area contributed by atoms with Crippen LogP contribution in [0.15, 0.2) is 28.1 Å². The first-order valence-corrected chi connectivity index (χ1v) is 7.09. The van der Waals surface area contributed by atoms with Crippen LogP contribution in [0.25, 0.3) is 0 Å². The Labute approximate surface area is 126 Å². The van der Waals surface area contributed by atoms with Crippen LogP contribution < -0.4 is 5.32 Å².